The van der Waals surface area contributed by atoms with Gasteiger partial charge >= 0.3 is 6.18 Å². The van der Waals surface area contributed by atoms with Gasteiger partial charge in [-0.25, -0.2) is 31.4 Å². The largest absolute Gasteiger partial charge is 0.433 e. The zero-order valence-corrected chi connectivity index (χ0v) is 21.3. The zero-order chi connectivity index (χ0) is 28.0. The Kier molecular flexibility index (Phi) is 7.64. The quantitative estimate of drug-likeness (QED) is 0.506. The van der Waals surface area contributed by atoms with Crippen molar-refractivity contribution < 1.29 is 40.5 Å². The van der Waals surface area contributed by atoms with Crippen LogP contribution in [0.15, 0.2) is 36.4 Å². The van der Waals surface area contributed by atoms with Gasteiger partial charge < -0.3 is 10.0 Å². The zero-order valence-electron chi connectivity index (χ0n) is 20.4. The monoisotopic (exact) mass is 564 g/mol. The van der Waals surface area contributed by atoms with E-state index >= 15 is 13.2 Å². The second-order valence-electron chi connectivity index (χ2n) is 9.69. The number of aliphatic hydroxyl groups is 1. The van der Waals surface area contributed by atoms with Crippen LogP contribution in [0.5, 0.6) is 0 Å². The van der Waals surface area contributed by atoms with Crippen LogP contribution >= 0.6 is 0 Å². The van der Waals surface area contributed by atoms with Gasteiger partial charge in [0.05, 0.1) is 18.3 Å². The maximum Gasteiger partial charge on any atom is 0.433 e. The Hall–Kier alpha value is -2.55. The number of nitrogens with zero attached hydrogens (tertiary/aromatic N) is 3. The highest BCUT2D eigenvalue weighted by Crippen LogP contribution is 2.41. The van der Waals surface area contributed by atoms with Gasteiger partial charge in [-0.15, -0.1) is 0 Å². The summed E-state index contributed by atoms with van der Waals surface area (Å²) < 4.78 is 101. The van der Waals surface area contributed by atoms with Gasteiger partial charge in [-0.2, -0.15) is 13.2 Å². The molecule has 4 rings (SSSR count). The Bertz CT molecular complexity index is 1240. The van der Waals surface area contributed by atoms with Crippen molar-refractivity contribution in [2.45, 2.75) is 55.5 Å². The van der Waals surface area contributed by atoms with Crippen molar-refractivity contribution in [1.29, 1.82) is 0 Å². The Morgan fingerprint density at radius 3 is 2.45 bits per heavy atom. The summed E-state index contributed by atoms with van der Waals surface area (Å²) in [7, 11) is 2.77. The van der Waals surface area contributed by atoms with Crippen molar-refractivity contribution >= 4 is 17.1 Å². The molecule has 1 amide bonds. The number of aromatic nitrogens is 1. The molecule has 7 nitrogen and oxygen atoms in total. The van der Waals surface area contributed by atoms with E-state index in [1.165, 1.54) is 38.4 Å². The van der Waals surface area contributed by atoms with Crippen molar-refractivity contribution in [3.8, 4) is 11.3 Å². The highest BCUT2D eigenvalue weighted by atomic mass is 32.2. The summed E-state index contributed by atoms with van der Waals surface area (Å²) in [5.41, 5.74) is -3.79. The molecule has 2 fully saturated rings. The summed E-state index contributed by atoms with van der Waals surface area (Å²) in [6.45, 7) is -1.09. The molecule has 0 radical (unpaired) electrons. The lowest BCUT2D eigenvalue weighted by atomic mass is 9.79. The molecule has 3 atom stereocenters. The van der Waals surface area contributed by atoms with Crippen LogP contribution in [0.2, 0.25) is 0 Å². The second-order valence-corrected chi connectivity index (χ2v) is 11.2. The molecule has 1 saturated carbocycles. The summed E-state index contributed by atoms with van der Waals surface area (Å²) in [6.07, 6.45) is -4.54. The predicted octanol–water partition coefficient (Wildman–Crippen LogP) is 3.31. The van der Waals surface area contributed by atoms with E-state index in [1.54, 1.807) is 0 Å². The van der Waals surface area contributed by atoms with Gasteiger partial charge in [-0.3, -0.25) is 4.79 Å². The Balaban J connectivity index is 1.73. The summed E-state index contributed by atoms with van der Waals surface area (Å²) in [4.78, 5) is 17.4. The number of carbonyl (C=O) groups is 1. The molecule has 1 aromatic heterocycles. The van der Waals surface area contributed by atoms with Gasteiger partial charge in [0, 0.05) is 19.7 Å². The number of rotatable bonds is 7. The van der Waals surface area contributed by atoms with E-state index in [-0.39, 0.29) is 29.7 Å². The Labute approximate surface area is 217 Å². The van der Waals surface area contributed by atoms with Gasteiger partial charge in [0.2, 0.25) is 0 Å². The maximum atomic E-state index is 15.6. The molecule has 2 aliphatic rings. The molecule has 1 aliphatic carbocycles. The Morgan fingerprint density at radius 2 is 1.87 bits per heavy atom. The highest BCUT2D eigenvalue weighted by molar-refractivity contribution is 7.80. The van der Waals surface area contributed by atoms with Gasteiger partial charge in [0.25, 0.3) is 11.8 Å². The first kappa shape index (κ1) is 28.5. The topological polar surface area (TPSA) is 85.8 Å². The van der Waals surface area contributed by atoms with Crippen LogP contribution in [0.3, 0.4) is 0 Å². The smallest absolute Gasteiger partial charge is 0.380 e. The summed E-state index contributed by atoms with van der Waals surface area (Å²) in [5, 5.41) is 10.6. The number of hydrogen-bond donors (Lipinski definition) is 2. The molecule has 1 aliphatic heterocycles. The molecule has 2 heterocycles. The first-order chi connectivity index (χ1) is 17.6. The van der Waals surface area contributed by atoms with Crippen LogP contribution in [-0.4, -0.2) is 73.7 Å². The van der Waals surface area contributed by atoms with E-state index in [2.05, 4.69) is 9.71 Å². The summed E-state index contributed by atoms with van der Waals surface area (Å²) in [6, 6.07) is 3.53. The minimum Gasteiger partial charge on any atom is -0.380 e. The number of benzene rings is 1. The lowest BCUT2D eigenvalue weighted by Crippen LogP contribution is -2.57. The molecule has 0 spiro atoms. The number of alkyl halides is 5. The molecule has 38 heavy (non-hydrogen) atoms. The number of nitrogens with one attached hydrogen (secondary N) is 1. The van der Waals surface area contributed by atoms with E-state index < -0.39 is 71.3 Å². The van der Waals surface area contributed by atoms with Crippen LogP contribution in [-0.2, 0) is 28.6 Å². The third-order valence-corrected chi connectivity index (χ3v) is 7.96. The van der Waals surface area contributed by atoms with Crippen molar-refractivity contribution in [2.24, 2.45) is 0 Å². The third kappa shape index (κ3) is 5.44. The Morgan fingerprint density at radius 1 is 1.21 bits per heavy atom. The highest BCUT2D eigenvalue weighted by Gasteiger charge is 2.59. The summed E-state index contributed by atoms with van der Waals surface area (Å²) in [5.74, 6) is -5.50. The van der Waals surface area contributed by atoms with Crippen LogP contribution in [0, 0.1) is 5.82 Å². The first-order valence-electron chi connectivity index (χ1n) is 11.7. The van der Waals surface area contributed by atoms with E-state index in [0.717, 1.165) is 21.3 Å². The third-order valence-electron chi connectivity index (χ3n) is 6.84. The van der Waals surface area contributed by atoms with Gasteiger partial charge in [-0.05, 0) is 49.4 Å². The second kappa shape index (κ2) is 10.2. The van der Waals surface area contributed by atoms with Gasteiger partial charge in [0.1, 0.15) is 23.2 Å². The molecule has 14 heteroatoms. The van der Waals surface area contributed by atoms with E-state index in [1.807, 2.05) is 0 Å². The predicted molar refractivity (Wildman–Crippen MR) is 126 cm³/mol. The fourth-order valence-electron chi connectivity index (χ4n) is 4.63. The summed E-state index contributed by atoms with van der Waals surface area (Å²) >= 11 is -2.08. The molecule has 1 unspecified atom stereocenters. The fraction of sp³-hybridized carbons (Fsp3) is 0.500. The molecule has 0 bridgehead atoms. The molecule has 1 aromatic carbocycles. The van der Waals surface area contributed by atoms with Crippen LogP contribution < -0.4 is 4.72 Å². The average Bonchev–Trinajstić information content (AvgIpc) is 3.07. The minimum atomic E-state index is -4.76. The molecule has 1 saturated heterocycles. The SMILES string of the molecule is CN(C)S(=O)N[C@@H]1[C@H](Cc2cccc(-c3cccc(C(F)(F)F)n3)c2F)N(C(=O)C2(O)CCC2)CC1(F)F. The molecular formula is C24H26F6N4O3S. The van der Waals surface area contributed by atoms with Gasteiger partial charge in [-0.1, -0.05) is 18.2 Å². The lowest BCUT2D eigenvalue weighted by Gasteiger charge is -2.40. The molecule has 2 N–H and O–H groups in total. The first-order valence-corrected chi connectivity index (χ1v) is 12.8. The number of likely N-dealkylation sites (tertiary alicyclic amines) is 1. The number of hydrogen-bond acceptors (Lipinski definition) is 4. The van der Waals surface area contributed by atoms with Crippen molar-refractivity contribution in [3.63, 3.8) is 0 Å². The number of amides is 1. The molecular weight excluding hydrogens is 538 g/mol. The van der Waals surface area contributed by atoms with Crippen molar-refractivity contribution in [3.05, 3.63) is 53.5 Å². The van der Waals surface area contributed by atoms with E-state index in [9.17, 15) is 27.3 Å². The normalized spacial score (nSPS) is 23.4. The average molecular weight is 565 g/mol. The number of carbonyl (C=O) groups excluding carboxylic acids is 1. The number of pyridine rings is 1. The van der Waals surface area contributed by atoms with E-state index in [0.29, 0.717) is 6.42 Å². The molecule has 2 aromatic rings. The maximum absolute atomic E-state index is 15.6. The minimum absolute atomic E-state index is 0.0907. The fourth-order valence-corrected chi connectivity index (χ4v) is 5.39. The van der Waals surface area contributed by atoms with Crippen molar-refractivity contribution in [2.75, 3.05) is 20.6 Å². The lowest BCUT2D eigenvalue weighted by molar-refractivity contribution is -0.162. The standard InChI is InChI=1S/C24H26F6N4O3S/c1-33(2)38(37)32-20-17(34(13-23(20,26)27)21(35)22(36)10-5-11-22)12-14-6-3-7-15(19(14)25)16-8-4-9-18(31-16)24(28,29)30/h3-4,6-9,17,20,32,36H,5,10-13H2,1-2H3/t17-,20+,38?/m0/s1. The van der Waals surface area contributed by atoms with Crippen LogP contribution in [0.25, 0.3) is 11.3 Å². The van der Waals surface area contributed by atoms with Gasteiger partial charge in [0.15, 0.2) is 11.2 Å². The number of halogens is 6. The molecule has 208 valence electrons. The van der Waals surface area contributed by atoms with Crippen LogP contribution in [0.1, 0.15) is 30.5 Å². The van der Waals surface area contributed by atoms with Crippen molar-refractivity contribution in [1.82, 2.24) is 18.9 Å². The van der Waals surface area contributed by atoms with Crippen LogP contribution in [0.4, 0.5) is 26.3 Å². The van der Waals surface area contributed by atoms with E-state index in [4.69, 9.17) is 0 Å².